The average molecular weight is 526 g/mol. The third-order valence-electron chi connectivity index (χ3n) is 6.06. The van der Waals surface area contributed by atoms with Crippen molar-refractivity contribution in [2.75, 3.05) is 21.3 Å². The Labute approximate surface area is 219 Å². The van der Waals surface area contributed by atoms with E-state index < -0.39 is 12.0 Å². The lowest BCUT2D eigenvalue weighted by atomic mass is 9.92. The second-order valence-electron chi connectivity index (χ2n) is 8.33. The Morgan fingerprint density at radius 3 is 2.35 bits per heavy atom. The molecule has 0 radical (unpaired) electrons. The van der Waals surface area contributed by atoms with Crippen LogP contribution in [0.25, 0.3) is 0 Å². The highest BCUT2D eigenvalue weighted by molar-refractivity contribution is 8.16. The van der Waals surface area contributed by atoms with Gasteiger partial charge in [0.2, 0.25) is 5.91 Å². The summed E-state index contributed by atoms with van der Waals surface area (Å²) in [5.74, 6) is 0.0826. The molecule has 4 rings (SSSR count). The lowest BCUT2D eigenvalue weighted by molar-refractivity contribution is -0.136. The number of amidine groups is 1. The van der Waals surface area contributed by atoms with Gasteiger partial charge in [-0.1, -0.05) is 30.8 Å². The van der Waals surface area contributed by atoms with E-state index in [2.05, 4.69) is 5.32 Å². The van der Waals surface area contributed by atoms with E-state index in [0.29, 0.717) is 40.1 Å². The maximum atomic E-state index is 13.2. The van der Waals surface area contributed by atoms with Gasteiger partial charge >= 0.3 is 5.97 Å². The molecular formula is C27H28FN3O5S. The molecule has 1 atom stereocenters. The molecule has 0 aliphatic carbocycles. The van der Waals surface area contributed by atoms with Crippen LogP contribution < -0.4 is 14.8 Å². The van der Waals surface area contributed by atoms with E-state index in [1.54, 1.807) is 32.4 Å². The van der Waals surface area contributed by atoms with Gasteiger partial charge in [0.1, 0.15) is 17.3 Å². The van der Waals surface area contributed by atoms with Crippen molar-refractivity contribution < 1.29 is 28.2 Å². The van der Waals surface area contributed by atoms with Gasteiger partial charge in [-0.2, -0.15) is 0 Å². The predicted molar refractivity (Wildman–Crippen MR) is 139 cm³/mol. The van der Waals surface area contributed by atoms with Crippen LogP contribution in [0.15, 0.2) is 69.8 Å². The van der Waals surface area contributed by atoms with Gasteiger partial charge < -0.3 is 24.4 Å². The fraction of sp³-hybridized carbons (Fsp3) is 0.296. The third kappa shape index (κ3) is 5.64. The Bertz CT molecular complexity index is 1270. The topological polar surface area (TPSA) is 89.5 Å². The van der Waals surface area contributed by atoms with Crippen molar-refractivity contribution in [1.82, 2.24) is 10.2 Å². The summed E-state index contributed by atoms with van der Waals surface area (Å²) in [7, 11) is 4.45. The number of fused-ring (bicyclic) bond motifs is 1. The highest BCUT2D eigenvalue weighted by Crippen LogP contribution is 2.46. The molecule has 2 heterocycles. The molecule has 0 bridgehead atoms. The molecule has 1 amide bonds. The summed E-state index contributed by atoms with van der Waals surface area (Å²) < 4.78 is 29.3. The Hall–Kier alpha value is -3.79. The Morgan fingerprint density at radius 2 is 1.76 bits per heavy atom. The molecule has 2 aromatic rings. The number of nitrogens with one attached hydrogen (secondary N) is 1. The summed E-state index contributed by atoms with van der Waals surface area (Å²) in [6, 6.07) is 10.8. The van der Waals surface area contributed by atoms with Crippen molar-refractivity contribution in [3.63, 3.8) is 0 Å². The van der Waals surface area contributed by atoms with E-state index in [0.717, 1.165) is 11.1 Å². The van der Waals surface area contributed by atoms with Crippen LogP contribution in [0.2, 0.25) is 0 Å². The maximum absolute atomic E-state index is 13.2. The molecule has 37 heavy (non-hydrogen) atoms. The van der Waals surface area contributed by atoms with Gasteiger partial charge in [0.05, 0.1) is 45.1 Å². The first-order valence-electron chi connectivity index (χ1n) is 11.7. The number of aliphatic imine (C=N–C) groups is 1. The van der Waals surface area contributed by atoms with Crippen LogP contribution in [0.1, 0.15) is 36.9 Å². The van der Waals surface area contributed by atoms with Gasteiger partial charge in [-0.05, 0) is 47.2 Å². The van der Waals surface area contributed by atoms with E-state index >= 15 is 0 Å². The zero-order valence-corrected chi connectivity index (χ0v) is 21.9. The number of rotatable bonds is 9. The molecule has 0 fully saturated rings. The number of carbonyl (C=O) groups excluding carboxylic acids is 2. The van der Waals surface area contributed by atoms with Gasteiger partial charge in [0.25, 0.3) is 0 Å². The number of nitrogens with zero attached hydrogens (tertiary/aromatic N) is 2. The summed E-state index contributed by atoms with van der Waals surface area (Å²) in [5, 5.41) is 5.41. The number of thioether (sulfide) groups is 1. The molecule has 0 saturated carbocycles. The Kier molecular flexibility index (Phi) is 8.17. The van der Waals surface area contributed by atoms with Gasteiger partial charge in [-0.15, -0.1) is 0 Å². The Balaban J connectivity index is 1.67. The van der Waals surface area contributed by atoms with Gasteiger partial charge in [-0.25, -0.2) is 14.2 Å². The monoisotopic (exact) mass is 525 g/mol. The molecule has 1 N–H and O–H groups in total. The molecular weight excluding hydrogens is 497 g/mol. The first kappa shape index (κ1) is 26.3. The molecule has 10 heteroatoms. The first-order chi connectivity index (χ1) is 17.9. The van der Waals surface area contributed by atoms with Crippen molar-refractivity contribution in [2.45, 2.75) is 32.4 Å². The summed E-state index contributed by atoms with van der Waals surface area (Å²) >= 11 is 1.39. The maximum Gasteiger partial charge on any atom is 0.338 e. The van der Waals surface area contributed by atoms with Crippen molar-refractivity contribution in [3.8, 4) is 11.5 Å². The molecule has 0 saturated heterocycles. The molecule has 0 aromatic heterocycles. The van der Waals surface area contributed by atoms with Crippen LogP contribution in [0.5, 0.6) is 11.5 Å². The number of carbonyl (C=O) groups is 2. The van der Waals surface area contributed by atoms with Crippen molar-refractivity contribution >= 4 is 28.8 Å². The van der Waals surface area contributed by atoms with Crippen LogP contribution in [-0.4, -0.2) is 43.3 Å². The average Bonchev–Trinajstić information content (AvgIpc) is 3.32. The van der Waals surface area contributed by atoms with E-state index in [9.17, 15) is 14.0 Å². The largest absolute Gasteiger partial charge is 0.497 e. The molecule has 0 spiro atoms. The van der Waals surface area contributed by atoms with Crippen LogP contribution in [0, 0.1) is 5.82 Å². The third-order valence-corrected chi connectivity index (χ3v) is 6.95. The summed E-state index contributed by atoms with van der Waals surface area (Å²) in [4.78, 5) is 32.6. The number of amides is 1. The zero-order chi connectivity index (χ0) is 26.5. The molecule has 2 aromatic carbocycles. The lowest BCUT2D eigenvalue weighted by Gasteiger charge is -2.36. The van der Waals surface area contributed by atoms with Crippen LogP contribution in [-0.2, 0) is 20.9 Å². The lowest BCUT2D eigenvalue weighted by Crippen LogP contribution is -2.38. The SMILES string of the molecule is CCC1=C(C(=O)OC)[C@@H](c2cc(OC)cc(OC)c2)N2C(CC(=O)NCc3ccc(F)cc3)=CSC2=N1. The van der Waals surface area contributed by atoms with Gasteiger partial charge in [0.15, 0.2) is 5.17 Å². The molecule has 2 aliphatic rings. The first-order valence-corrected chi connectivity index (χ1v) is 12.6. The van der Waals surface area contributed by atoms with Gasteiger partial charge in [0, 0.05) is 18.3 Å². The Morgan fingerprint density at radius 1 is 1.08 bits per heavy atom. The standard InChI is InChI=1S/C27H28FN3O5S/c1-5-22-24(26(33)36-4)25(17-10-20(34-2)13-21(11-17)35-3)31-19(15-37-27(31)30-22)12-23(32)29-14-16-6-8-18(28)9-7-16/h6-11,13,15,25H,5,12,14H2,1-4H3,(H,29,32)/t25-/m1/s1. The molecule has 0 unspecified atom stereocenters. The molecule has 8 nitrogen and oxygen atoms in total. The van der Waals surface area contributed by atoms with E-state index in [1.807, 2.05) is 29.4 Å². The van der Waals surface area contributed by atoms with Crippen LogP contribution in [0.3, 0.4) is 0 Å². The number of halogens is 1. The van der Waals surface area contributed by atoms with Crippen molar-refractivity contribution in [1.29, 1.82) is 0 Å². The highest BCUT2D eigenvalue weighted by atomic mass is 32.2. The summed E-state index contributed by atoms with van der Waals surface area (Å²) in [6.07, 6.45) is 0.578. The molecule has 2 aliphatic heterocycles. The number of methoxy groups -OCH3 is 3. The van der Waals surface area contributed by atoms with Crippen molar-refractivity contribution in [3.05, 3.63) is 81.8 Å². The van der Waals surface area contributed by atoms with E-state index in [4.69, 9.17) is 19.2 Å². The van der Waals surface area contributed by atoms with Gasteiger partial charge in [-0.3, -0.25) is 4.79 Å². The number of allylic oxidation sites excluding steroid dienone is 1. The van der Waals surface area contributed by atoms with Crippen molar-refractivity contribution in [2.24, 2.45) is 4.99 Å². The quantitative estimate of drug-likeness (QED) is 0.475. The molecule has 194 valence electrons. The highest BCUT2D eigenvalue weighted by Gasteiger charge is 2.41. The second kappa shape index (κ2) is 11.5. The number of esters is 1. The number of ether oxygens (including phenoxy) is 3. The van der Waals surface area contributed by atoms with Crippen LogP contribution >= 0.6 is 11.8 Å². The number of hydrogen-bond donors (Lipinski definition) is 1. The zero-order valence-electron chi connectivity index (χ0n) is 21.0. The van der Waals surface area contributed by atoms with Crippen LogP contribution in [0.4, 0.5) is 4.39 Å². The fourth-order valence-electron chi connectivity index (χ4n) is 4.24. The predicted octanol–water partition coefficient (Wildman–Crippen LogP) is 4.69. The van der Waals surface area contributed by atoms with E-state index in [-0.39, 0.29) is 24.7 Å². The van der Waals surface area contributed by atoms with E-state index in [1.165, 1.54) is 31.0 Å². The normalized spacial score (nSPS) is 16.6. The summed E-state index contributed by atoms with van der Waals surface area (Å²) in [5.41, 5.74) is 3.21. The number of benzene rings is 2. The minimum absolute atomic E-state index is 0.0563. The minimum Gasteiger partial charge on any atom is -0.497 e. The smallest absolute Gasteiger partial charge is 0.338 e. The minimum atomic E-state index is -0.606. The summed E-state index contributed by atoms with van der Waals surface area (Å²) in [6.45, 7) is 2.20. The number of hydrogen-bond acceptors (Lipinski definition) is 8. The fourth-order valence-corrected chi connectivity index (χ4v) is 5.18. The second-order valence-corrected chi connectivity index (χ2v) is 9.16.